The van der Waals surface area contributed by atoms with Gasteiger partial charge in [0.25, 0.3) is 0 Å². The first-order chi connectivity index (χ1) is 11.2. The van der Waals surface area contributed by atoms with Crippen LogP contribution in [0.1, 0.15) is 19.3 Å². The standard InChI is InChI=1S/C18H20ClN3S/c19-14-7-6-8-15(13-14)20-18(23)21-16-9-2-3-10-17(16)22-11-4-1-5-12-22/h2-3,6-10,13H,1,4-5,11-12H2,(H2,20,21,23). The van der Waals surface area contributed by atoms with Gasteiger partial charge in [0.1, 0.15) is 0 Å². The molecule has 23 heavy (non-hydrogen) atoms. The van der Waals surface area contributed by atoms with Crippen LogP contribution in [0.15, 0.2) is 48.5 Å². The Morgan fingerprint density at radius 2 is 1.74 bits per heavy atom. The van der Waals surface area contributed by atoms with E-state index in [0.29, 0.717) is 10.1 Å². The number of thiocarbonyl (C=S) groups is 1. The Kier molecular flexibility index (Phi) is 5.36. The van der Waals surface area contributed by atoms with E-state index in [1.165, 1.54) is 24.9 Å². The van der Waals surface area contributed by atoms with E-state index >= 15 is 0 Å². The molecule has 0 radical (unpaired) electrons. The second kappa shape index (κ2) is 7.66. The molecule has 2 aromatic carbocycles. The third kappa shape index (κ3) is 4.36. The molecule has 5 heteroatoms. The molecule has 120 valence electrons. The summed E-state index contributed by atoms with van der Waals surface area (Å²) in [7, 11) is 0. The van der Waals surface area contributed by atoms with Gasteiger partial charge in [-0.05, 0) is 61.8 Å². The van der Waals surface area contributed by atoms with Crippen molar-refractivity contribution < 1.29 is 0 Å². The molecule has 1 aliphatic rings. The largest absolute Gasteiger partial charge is 0.370 e. The van der Waals surface area contributed by atoms with Gasteiger partial charge in [0.15, 0.2) is 5.11 Å². The zero-order chi connectivity index (χ0) is 16.1. The van der Waals surface area contributed by atoms with Gasteiger partial charge in [0.05, 0.1) is 11.4 Å². The summed E-state index contributed by atoms with van der Waals surface area (Å²) in [5.41, 5.74) is 3.13. The monoisotopic (exact) mass is 345 g/mol. The van der Waals surface area contributed by atoms with Crippen molar-refractivity contribution in [3.05, 3.63) is 53.6 Å². The normalized spacial score (nSPS) is 14.4. The number of halogens is 1. The molecule has 0 bridgehead atoms. The topological polar surface area (TPSA) is 27.3 Å². The summed E-state index contributed by atoms with van der Waals surface area (Å²) >= 11 is 11.4. The number of piperidine rings is 1. The highest BCUT2D eigenvalue weighted by molar-refractivity contribution is 7.80. The van der Waals surface area contributed by atoms with Crippen LogP contribution in [0.25, 0.3) is 0 Å². The van der Waals surface area contributed by atoms with Crippen molar-refractivity contribution in [3.8, 4) is 0 Å². The minimum atomic E-state index is 0.566. The number of nitrogens with one attached hydrogen (secondary N) is 2. The van der Waals surface area contributed by atoms with Crippen LogP contribution in [-0.2, 0) is 0 Å². The minimum absolute atomic E-state index is 0.566. The highest BCUT2D eigenvalue weighted by Gasteiger charge is 2.14. The molecule has 0 aliphatic carbocycles. The molecule has 2 aromatic rings. The summed E-state index contributed by atoms with van der Waals surface area (Å²) in [6.07, 6.45) is 3.82. The average molecular weight is 346 g/mol. The zero-order valence-corrected chi connectivity index (χ0v) is 14.5. The first-order valence-corrected chi connectivity index (χ1v) is 8.68. The van der Waals surface area contributed by atoms with Gasteiger partial charge < -0.3 is 15.5 Å². The molecule has 2 N–H and O–H groups in total. The molecule has 1 aliphatic heterocycles. The molecule has 0 spiro atoms. The van der Waals surface area contributed by atoms with Crippen LogP contribution in [0.4, 0.5) is 17.1 Å². The lowest BCUT2D eigenvalue weighted by molar-refractivity contribution is 0.578. The van der Waals surface area contributed by atoms with Gasteiger partial charge in [-0.2, -0.15) is 0 Å². The van der Waals surface area contributed by atoms with Crippen molar-refractivity contribution in [1.82, 2.24) is 0 Å². The van der Waals surface area contributed by atoms with Crippen molar-refractivity contribution in [3.63, 3.8) is 0 Å². The van der Waals surface area contributed by atoms with E-state index in [1.807, 2.05) is 30.3 Å². The third-order valence-electron chi connectivity index (χ3n) is 3.93. The van der Waals surface area contributed by atoms with Gasteiger partial charge in [-0.1, -0.05) is 29.8 Å². The molecule has 3 nitrogen and oxygen atoms in total. The van der Waals surface area contributed by atoms with Crippen LogP contribution < -0.4 is 15.5 Å². The lowest BCUT2D eigenvalue weighted by atomic mass is 10.1. The molecule has 1 saturated heterocycles. The Labute approximate surface area is 147 Å². The molecule has 1 heterocycles. The smallest absolute Gasteiger partial charge is 0.175 e. The van der Waals surface area contributed by atoms with Crippen LogP contribution >= 0.6 is 23.8 Å². The number of benzene rings is 2. The van der Waals surface area contributed by atoms with Gasteiger partial charge >= 0.3 is 0 Å². The lowest BCUT2D eigenvalue weighted by Crippen LogP contribution is -2.30. The van der Waals surface area contributed by atoms with Gasteiger partial charge in [0, 0.05) is 23.8 Å². The molecule has 0 atom stereocenters. The van der Waals surface area contributed by atoms with Gasteiger partial charge in [0.2, 0.25) is 0 Å². The average Bonchev–Trinajstić information content (AvgIpc) is 2.56. The van der Waals surface area contributed by atoms with Gasteiger partial charge in [-0.25, -0.2) is 0 Å². The highest BCUT2D eigenvalue weighted by Crippen LogP contribution is 2.28. The number of para-hydroxylation sites is 2. The maximum Gasteiger partial charge on any atom is 0.175 e. The summed E-state index contributed by atoms with van der Waals surface area (Å²) < 4.78 is 0. The van der Waals surface area contributed by atoms with Gasteiger partial charge in [-0.3, -0.25) is 0 Å². The Bertz CT molecular complexity index is 683. The Morgan fingerprint density at radius 1 is 0.957 bits per heavy atom. The number of hydrogen-bond acceptors (Lipinski definition) is 2. The van der Waals surface area contributed by atoms with E-state index in [9.17, 15) is 0 Å². The Balaban J connectivity index is 1.71. The van der Waals surface area contributed by atoms with E-state index in [4.69, 9.17) is 23.8 Å². The lowest BCUT2D eigenvalue weighted by Gasteiger charge is -2.30. The van der Waals surface area contributed by atoms with Crippen molar-refractivity contribution in [2.45, 2.75) is 19.3 Å². The predicted molar refractivity (Wildman–Crippen MR) is 104 cm³/mol. The third-order valence-corrected chi connectivity index (χ3v) is 4.37. The SMILES string of the molecule is S=C(Nc1cccc(Cl)c1)Nc1ccccc1N1CCCCC1. The fourth-order valence-electron chi connectivity index (χ4n) is 2.84. The fraction of sp³-hybridized carbons (Fsp3) is 0.278. The molecule has 3 rings (SSSR count). The highest BCUT2D eigenvalue weighted by atomic mass is 35.5. The summed E-state index contributed by atoms with van der Waals surface area (Å²) in [6, 6.07) is 15.8. The molecule has 0 unspecified atom stereocenters. The molecular weight excluding hydrogens is 326 g/mol. The van der Waals surface area contributed by atoms with Crippen molar-refractivity contribution in [2.24, 2.45) is 0 Å². The van der Waals surface area contributed by atoms with Crippen LogP contribution in [0, 0.1) is 0 Å². The van der Waals surface area contributed by atoms with E-state index in [2.05, 4.69) is 33.7 Å². The zero-order valence-electron chi connectivity index (χ0n) is 12.9. The van der Waals surface area contributed by atoms with E-state index in [0.717, 1.165) is 24.5 Å². The van der Waals surface area contributed by atoms with E-state index in [-0.39, 0.29) is 0 Å². The Hall–Kier alpha value is -1.78. The number of nitrogens with zero attached hydrogens (tertiary/aromatic N) is 1. The first kappa shape index (κ1) is 16.1. The maximum atomic E-state index is 6.00. The van der Waals surface area contributed by atoms with Gasteiger partial charge in [-0.15, -0.1) is 0 Å². The number of anilines is 3. The first-order valence-electron chi connectivity index (χ1n) is 7.90. The second-order valence-corrected chi connectivity index (χ2v) is 6.50. The molecule has 0 amide bonds. The van der Waals surface area contributed by atoms with Crippen LogP contribution in [0.5, 0.6) is 0 Å². The van der Waals surface area contributed by atoms with E-state index in [1.54, 1.807) is 0 Å². The van der Waals surface area contributed by atoms with Crippen LogP contribution in [0.3, 0.4) is 0 Å². The number of hydrogen-bond donors (Lipinski definition) is 2. The quantitative estimate of drug-likeness (QED) is 0.753. The van der Waals surface area contributed by atoms with Crippen LogP contribution in [-0.4, -0.2) is 18.2 Å². The van der Waals surface area contributed by atoms with Crippen molar-refractivity contribution >= 4 is 46.0 Å². The van der Waals surface area contributed by atoms with E-state index < -0.39 is 0 Å². The molecular formula is C18H20ClN3S. The summed E-state index contributed by atoms with van der Waals surface area (Å²) in [5, 5.41) is 7.74. The predicted octanol–water partition coefficient (Wildman–Crippen LogP) is 5.14. The van der Waals surface area contributed by atoms with Crippen molar-refractivity contribution in [2.75, 3.05) is 28.6 Å². The molecule has 0 saturated carbocycles. The summed E-state index contributed by atoms with van der Waals surface area (Å²) in [4.78, 5) is 2.42. The molecule has 0 aromatic heterocycles. The van der Waals surface area contributed by atoms with Crippen molar-refractivity contribution in [1.29, 1.82) is 0 Å². The van der Waals surface area contributed by atoms with Crippen LogP contribution in [0.2, 0.25) is 5.02 Å². The minimum Gasteiger partial charge on any atom is -0.370 e. The fourth-order valence-corrected chi connectivity index (χ4v) is 3.26. The second-order valence-electron chi connectivity index (χ2n) is 5.65. The number of rotatable bonds is 3. The summed E-state index contributed by atoms with van der Waals surface area (Å²) in [6.45, 7) is 2.21. The Morgan fingerprint density at radius 3 is 2.52 bits per heavy atom. The summed E-state index contributed by atoms with van der Waals surface area (Å²) in [5.74, 6) is 0. The molecule has 1 fully saturated rings. The maximum absolute atomic E-state index is 6.00.